The summed E-state index contributed by atoms with van der Waals surface area (Å²) in [5.74, 6) is -1.10. The summed E-state index contributed by atoms with van der Waals surface area (Å²) in [5.41, 5.74) is 0.738. The molecule has 0 fully saturated rings. The number of ether oxygens (including phenoxy) is 1. The van der Waals surface area contributed by atoms with Gasteiger partial charge < -0.3 is 15.4 Å². The van der Waals surface area contributed by atoms with Gasteiger partial charge in [0.15, 0.2) is 0 Å². The smallest absolute Gasteiger partial charge is 0.341 e. The van der Waals surface area contributed by atoms with E-state index in [0.29, 0.717) is 22.0 Å². The number of nitrogens with one attached hydrogen (secondary N) is 2. The fourth-order valence-electron chi connectivity index (χ4n) is 2.92. The van der Waals surface area contributed by atoms with Crippen LogP contribution in [0, 0.1) is 13.8 Å². The van der Waals surface area contributed by atoms with E-state index in [1.807, 2.05) is 13.8 Å². The number of nitrogens with zero attached hydrogens (tertiary/aromatic N) is 1. The van der Waals surface area contributed by atoms with Crippen LogP contribution in [0.1, 0.15) is 56.1 Å². The molecule has 2 aromatic rings. The van der Waals surface area contributed by atoms with Crippen LogP contribution in [0.4, 0.5) is 5.00 Å². The average Bonchev–Trinajstić information content (AvgIpc) is 3.23. The highest BCUT2D eigenvalue weighted by atomic mass is 32.1. The van der Waals surface area contributed by atoms with Crippen molar-refractivity contribution in [3.63, 3.8) is 0 Å². The van der Waals surface area contributed by atoms with Crippen molar-refractivity contribution in [1.82, 2.24) is 10.2 Å². The first-order valence-corrected chi connectivity index (χ1v) is 11.4. The molecule has 9 heteroatoms. The predicted octanol–water partition coefficient (Wildman–Crippen LogP) is 3.81. The number of carbonyl (C=O) groups excluding carboxylic acids is 3. The van der Waals surface area contributed by atoms with Crippen LogP contribution in [-0.4, -0.2) is 48.9 Å². The second-order valence-electron chi connectivity index (χ2n) is 7.12. The molecule has 0 unspecified atom stereocenters. The molecule has 0 saturated heterocycles. The van der Waals surface area contributed by atoms with Gasteiger partial charge in [0.2, 0.25) is 5.91 Å². The molecular weight excluding hydrogens is 422 g/mol. The Labute approximate surface area is 185 Å². The number of esters is 1. The van der Waals surface area contributed by atoms with Gasteiger partial charge in [-0.2, -0.15) is 0 Å². The largest absolute Gasteiger partial charge is 0.462 e. The van der Waals surface area contributed by atoms with Crippen LogP contribution in [0.5, 0.6) is 0 Å². The second-order valence-corrected chi connectivity index (χ2v) is 9.51. The van der Waals surface area contributed by atoms with Crippen LogP contribution < -0.4 is 10.6 Å². The summed E-state index contributed by atoms with van der Waals surface area (Å²) >= 11 is 2.79. The lowest BCUT2D eigenvalue weighted by Gasteiger charge is -2.25. The average molecular weight is 452 g/mol. The lowest BCUT2D eigenvalue weighted by molar-refractivity contribution is -0.117. The van der Waals surface area contributed by atoms with E-state index in [0.717, 1.165) is 11.3 Å². The summed E-state index contributed by atoms with van der Waals surface area (Å²) in [6.45, 7) is 10.6. The van der Waals surface area contributed by atoms with Gasteiger partial charge in [0.25, 0.3) is 5.91 Å². The van der Waals surface area contributed by atoms with Gasteiger partial charge in [-0.1, -0.05) is 0 Å². The highest BCUT2D eigenvalue weighted by Crippen LogP contribution is 2.34. The van der Waals surface area contributed by atoms with Crippen LogP contribution in [-0.2, 0) is 16.1 Å². The van der Waals surface area contributed by atoms with E-state index in [4.69, 9.17) is 4.74 Å². The maximum Gasteiger partial charge on any atom is 0.341 e. The van der Waals surface area contributed by atoms with Crippen molar-refractivity contribution >= 4 is 45.5 Å². The molecule has 164 valence electrons. The highest BCUT2D eigenvalue weighted by molar-refractivity contribution is 7.18. The van der Waals surface area contributed by atoms with E-state index >= 15 is 0 Å². The number of carbonyl (C=O) groups is 3. The Hall–Kier alpha value is -2.23. The van der Waals surface area contributed by atoms with Gasteiger partial charge in [-0.25, -0.2) is 4.79 Å². The summed E-state index contributed by atoms with van der Waals surface area (Å²) in [5, 5.41) is 5.73. The predicted molar refractivity (Wildman–Crippen MR) is 122 cm³/mol. The fourth-order valence-corrected chi connectivity index (χ4v) is 5.00. The van der Waals surface area contributed by atoms with E-state index in [1.54, 1.807) is 25.2 Å². The molecule has 2 N–H and O–H groups in total. The first-order chi connectivity index (χ1) is 14.2. The quantitative estimate of drug-likeness (QED) is 0.566. The zero-order valence-corrected chi connectivity index (χ0v) is 19.9. The molecular formula is C21H29N3O4S2. The third-order valence-electron chi connectivity index (χ3n) is 4.54. The molecule has 0 bridgehead atoms. The van der Waals surface area contributed by atoms with Crippen molar-refractivity contribution in [3.05, 3.63) is 37.9 Å². The minimum Gasteiger partial charge on any atom is -0.462 e. The molecule has 2 rings (SSSR count). The number of anilines is 1. The summed E-state index contributed by atoms with van der Waals surface area (Å²) in [7, 11) is 1.52. The Bertz CT molecular complexity index is 917. The highest BCUT2D eigenvalue weighted by Gasteiger charge is 2.27. The van der Waals surface area contributed by atoms with Gasteiger partial charge in [-0.3, -0.25) is 14.5 Å². The van der Waals surface area contributed by atoms with Crippen molar-refractivity contribution in [3.8, 4) is 0 Å². The third kappa shape index (κ3) is 5.90. The Balaban J connectivity index is 2.23. The Morgan fingerprint density at radius 1 is 1.17 bits per heavy atom. The van der Waals surface area contributed by atoms with Crippen LogP contribution in [0.2, 0.25) is 0 Å². The number of hydrogen-bond donors (Lipinski definition) is 2. The van der Waals surface area contributed by atoms with Crippen LogP contribution >= 0.6 is 22.7 Å². The number of hydrogen-bond acceptors (Lipinski definition) is 7. The molecule has 2 aromatic heterocycles. The summed E-state index contributed by atoms with van der Waals surface area (Å²) < 4.78 is 5.13. The van der Waals surface area contributed by atoms with E-state index in [1.165, 1.54) is 16.8 Å². The van der Waals surface area contributed by atoms with Gasteiger partial charge in [0, 0.05) is 29.4 Å². The normalized spacial score (nSPS) is 11.1. The molecule has 0 aliphatic heterocycles. The van der Waals surface area contributed by atoms with E-state index < -0.39 is 5.97 Å². The van der Waals surface area contributed by atoms with Crippen molar-refractivity contribution in [2.24, 2.45) is 0 Å². The van der Waals surface area contributed by atoms with E-state index in [-0.39, 0.29) is 36.6 Å². The minimum atomic E-state index is -0.550. The van der Waals surface area contributed by atoms with E-state index in [2.05, 4.69) is 34.6 Å². The molecule has 0 aliphatic rings. The van der Waals surface area contributed by atoms with Gasteiger partial charge in [-0.15, -0.1) is 22.7 Å². The van der Waals surface area contributed by atoms with Gasteiger partial charge in [0.1, 0.15) is 5.00 Å². The maximum absolute atomic E-state index is 12.8. The number of amides is 2. The molecule has 0 spiro atoms. The third-order valence-corrected chi connectivity index (χ3v) is 6.74. The molecule has 2 heterocycles. The van der Waals surface area contributed by atoms with E-state index in [9.17, 15) is 14.4 Å². The number of thiophene rings is 2. The summed E-state index contributed by atoms with van der Waals surface area (Å²) in [6, 6.07) is 4.30. The standard InChI is InChI=1S/C21H29N3O4S2/c1-7-28-21(27)17-14(5)18(19(26)22-6)30-20(17)23-16(25)11-24(12(2)3)10-15-9-8-13(4)29-15/h8-9,12H,7,10-11H2,1-6H3,(H,22,26)(H,23,25). The molecule has 7 nitrogen and oxygen atoms in total. The van der Waals surface area contributed by atoms with Crippen molar-refractivity contribution in [1.29, 1.82) is 0 Å². The van der Waals surface area contributed by atoms with Crippen LogP contribution in [0.15, 0.2) is 12.1 Å². The van der Waals surface area contributed by atoms with Gasteiger partial charge in [-0.05, 0) is 52.3 Å². The fraction of sp³-hybridized carbons (Fsp3) is 0.476. The van der Waals surface area contributed by atoms with Crippen LogP contribution in [0.25, 0.3) is 0 Å². The minimum absolute atomic E-state index is 0.161. The zero-order chi connectivity index (χ0) is 22.4. The van der Waals surface area contributed by atoms with Crippen molar-refractivity contribution in [2.75, 3.05) is 25.5 Å². The van der Waals surface area contributed by atoms with Crippen molar-refractivity contribution in [2.45, 2.75) is 47.2 Å². The SMILES string of the molecule is CCOC(=O)c1c(NC(=O)CN(Cc2ccc(C)s2)C(C)C)sc(C(=O)NC)c1C. The molecule has 30 heavy (non-hydrogen) atoms. The van der Waals surface area contributed by atoms with Gasteiger partial charge >= 0.3 is 5.97 Å². The molecule has 0 aliphatic carbocycles. The Kier molecular flexibility index (Phi) is 8.57. The number of aryl methyl sites for hydroxylation is 1. The molecule has 0 saturated carbocycles. The molecule has 0 aromatic carbocycles. The first kappa shape index (κ1) is 24.0. The van der Waals surface area contributed by atoms with Gasteiger partial charge in [0.05, 0.1) is 23.6 Å². The lowest BCUT2D eigenvalue weighted by Crippen LogP contribution is -2.37. The monoisotopic (exact) mass is 451 g/mol. The Morgan fingerprint density at radius 2 is 1.87 bits per heavy atom. The lowest BCUT2D eigenvalue weighted by atomic mass is 10.1. The summed E-state index contributed by atoms with van der Waals surface area (Å²) in [6.07, 6.45) is 0. The molecule has 2 amide bonds. The van der Waals surface area contributed by atoms with Crippen molar-refractivity contribution < 1.29 is 19.1 Å². The zero-order valence-electron chi connectivity index (χ0n) is 18.3. The number of rotatable bonds is 9. The molecule has 0 radical (unpaired) electrons. The molecule has 0 atom stereocenters. The Morgan fingerprint density at radius 3 is 2.40 bits per heavy atom. The second kappa shape index (κ2) is 10.7. The van der Waals surface area contributed by atoms with Crippen LogP contribution in [0.3, 0.4) is 0 Å². The maximum atomic E-state index is 12.8. The summed E-state index contributed by atoms with van der Waals surface area (Å²) in [4.78, 5) is 42.3. The topological polar surface area (TPSA) is 87.7 Å². The first-order valence-electron chi connectivity index (χ1n) is 9.79.